The molecule has 202 valence electrons. The Hall–Kier alpha value is -2.04. The van der Waals surface area contributed by atoms with Gasteiger partial charge in [-0.25, -0.2) is 0 Å². The summed E-state index contributed by atoms with van der Waals surface area (Å²) in [5, 5.41) is 18.9. The standard InChI is InChI=1S/C31H46N4O2/c1-20(9-14-29(37)33-19-21-7-5-4-6-8-21)25-12-13-26-24-11-10-22-17-23(34-35-32)15-16-30(22,2)27(24)18-28(36)31(25,26)3/h4-8,20,22-28,36H,9-19H2,1-3H3,(H,33,37)/t20-,22-,23+,24+,25-,26+,27+,28+,30+,31-/m1/s1. The van der Waals surface area contributed by atoms with E-state index in [0.29, 0.717) is 48.5 Å². The van der Waals surface area contributed by atoms with Crippen LogP contribution in [0.3, 0.4) is 0 Å². The summed E-state index contributed by atoms with van der Waals surface area (Å²) in [4.78, 5) is 15.7. The molecule has 37 heavy (non-hydrogen) atoms. The Balaban J connectivity index is 1.22. The predicted molar refractivity (Wildman–Crippen MR) is 146 cm³/mol. The number of fused-ring (bicyclic) bond motifs is 5. The van der Waals surface area contributed by atoms with Gasteiger partial charge in [0.1, 0.15) is 0 Å². The summed E-state index contributed by atoms with van der Waals surface area (Å²) >= 11 is 0. The minimum absolute atomic E-state index is 0.0490. The summed E-state index contributed by atoms with van der Waals surface area (Å²) in [7, 11) is 0. The fourth-order valence-electron chi connectivity index (χ4n) is 9.78. The van der Waals surface area contributed by atoms with Gasteiger partial charge in [-0.1, -0.05) is 56.2 Å². The average Bonchev–Trinajstić information content (AvgIpc) is 3.26. The summed E-state index contributed by atoms with van der Waals surface area (Å²) < 4.78 is 0. The zero-order valence-electron chi connectivity index (χ0n) is 23.0. The van der Waals surface area contributed by atoms with Gasteiger partial charge in [-0.15, -0.1) is 0 Å². The molecule has 0 spiro atoms. The van der Waals surface area contributed by atoms with Gasteiger partial charge in [0.2, 0.25) is 5.91 Å². The first-order chi connectivity index (χ1) is 17.8. The fourth-order valence-corrected chi connectivity index (χ4v) is 9.78. The Morgan fingerprint density at radius 3 is 2.68 bits per heavy atom. The van der Waals surface area contributed by atoms with Crippen molar-refractivity contribution < 1.29 is 9.90 Å². The van der Waals surface area contributed by atoms with Crippen LogP contribution in [0.2, 0.25) is 0 Å². The summed E-state index contributed by atoms with van der Waals surface area (Å²) in [6.45, 7) is 7.77. The van der Waals surface area contributed by atoms with Crippen molar-refractivity contribution in [1.29, 1.82) is 0 Å². The Kier molecular flexibility index (Phi) is 7.62. The molecule has 1 aromatic rings. The molecule has 4 saturated carbocycles. The molecule has 4 aliphatic rings. The van der Waals surface area contributed by atoms with Gasteiger partial charge >= 0.3 is 0 Å². The molecule has 6 nitrogen and oxygen atoms in total. The van der Waals surface area contributed by atoms with Gasteiger partial charge in [0, 0.05) is 23.9 Å². The topological polar surface area (TPSA) is 98.1 Å². The molecule has 2 N–H and O–H groups in total. The number of carbonyl (C=O) groups is 1. The number of hydrogen-bond acceptors (Lipinski definition) is 3. The van der Waals surface area contributed by atoms with Crippen LogP contribution in [0.5, 0.6) is 0 Å². The molecule has 10 atom stereocenters. The molecule has 0 heterocycles. The minimum atomic E-state index is -0.272. The van der Waals surface area contributed by atoms with Gasteiger partial charge in [0.05, 0.1) is 6.10 Å². The highest BCUT2D eigenvalue weighted by molar-refractivity contribution is 5.75. The third-order valence-electron chi connectivity index (χ3n) is 11.9. The lowest BCUT2D eigenvalue weighted by Crippen LogP contribution is -2.58. The first-order valence-corrected chi connectivity index (χ1v) is 14.8. The van der Waals surface area contributed by atoms with Gasteiger partial charge in [-0.05, 0) is 115 Å². The molecule has 0 aliphatic heterocycles. The predicted octanol–water partition coefficient (Wildman–Crippen LogP) is 7.03. The van der Waals surface area contributed by atoms with E-state index in [1.54, 1.807) is 0 Å². The third-order valence-corrected chi connectivity index (χ3v) is 11.9. The molecule has 0 saturated heterocycles. The van der Waals surface area contributed by atoms with E-state index in [9.17, 15) is 9.90 Å². The molecular weight excluding hydrogens is 460 g/mol. The Morgan fingerprint density at radius 1 is 1.14 bits per heavy atom. The summed E-state index contributed by atoms with van der Waals surface area (Å²) in [6, 6.07) is 10.2. The maximum atomic E-state index is 12.6. The van der Waals surface area contributed by atoms with E-state index in [0.717, 1.165) is 37.7 Å². The number of carbonyl (C=O) groups excluding carboxylic acids is 1. The number of aliphatic hydroxyl groups is 1. The summed E-state index contributed by atoms with van der Waals surface area (Å²) in [5.74, 6) is 3.48. The van der Waals surface area contributed by atoms with Crippen LogP contribution in [0, 0.1) is 46.3 Å². The SMILES string of the molecule is C[C@H](CCC(=O)NCc1ccccc1)[C@H]1CC[C@H]2[C@@H]3CC[C@@H]4C[C@@H](N=[N+]=[N-])CC[C@]4(C)[C@H]3C[C@H](O)[C@]12C. The van der Waals surface area contributed by atoms with Crippen LogP contribution in [-0.4, -0.2) is 23.2 Å². The van der Waals surface area contributed by atoms with Crippen LogP contribution in [0.15, 0.2) is 35.4 Å². The second kappa shape index (κ2) is 10.6. The Labute approximate surface area is 222 Å². The number of nitrogens with one attached hydrogen (secondary N) is 1. The van der Waals surface area contributed by atoms with Crippen molar-refractivity contribution in [2.24, 2.45) is 51.5 Å². The summed E-state index contributed by atoms with van der Waals surface area (Å²) in [6.07, 6.45) is 10.1. The molecule has 6 heteroatoms. The first kappa shape index (κ1) is 26.6. The zero-order valence-corrected chi connectivity index (χ0v) is 23.0. The van der Waals surface area contributed by atoms with E-state index in [1.807, 2.05) is 30.3 Å². The normalized spacial score (nSPS) is 41.5. The van der Waals surface area contributed by atoms with Gasteiger partial charge in [-0.3, -0.25) is 4.79 Å². The molecule has 0 bridgehead atoms. The van der Waals surface area contributed by atoms with E-state index >= 15 is 0 Å². The van der Waals surface area contributed by atoms with Crippen molar-refractivity contribution in [1.82, 2.24) is 5.32 Å². The highest BCUT2D eigenvalue weighted by Crippen LogP contribution is 2.68. The molecule has 4 aliphatic carbocycles. The molecule has 0 aromatic heterocycles. The molecule has 1 amide bonds. The van der Waals surface area contributed by atoms with E-state index in [2.05, 4.69) is 36.1 Å². The Bertz CT molecular complexity index is 1010. The van der Waals surface area contributed by atoms with Crippen molar-refractivity contribution in [2.45, 2.75) is 104 Å². The van der Waals surface area contributed by atoms with Crippen LogP contribution in [-0.2, 0) is 11.3 Å². The summed E-state index contributed by atoms with van der Waals surface area (Å²) in [5.41, 5.74) is 10.3. The third kappa shape index (κ3) is 4.81. The van der Waals surface area contributed by atoms with Gasteiger partial charge in [0.25, 0.3) is 0 Å². The van der Waals surface area contributed by atoms with Crippen molar-refractivity contribution in [3.63, 3.8) is 0 Å². The van der Waals surface area contributed by atoms with Crippen molar-refractivity contribution in [3.8, 4) is 0 Å². The lowest BCUT2D eigenvalue weighted by molar-refractivity contribution is -0.169. The van der Waals surface area contributed by atoms with Crippen LogP contribution in [0.1, 0.15) is 90.5 Å². The molecule has 0 radical (unpaired) electrons. The van der Waals surface area contributed by atoms with Gasteiger partial charge in [0.15, 0.2) is 0 Å². The van der Waals surface area contributed by atoms with E-state index < -0.39 is 0 Å². The minimum Gasteiger partial charge on any atom is -0.393 e. The lowest BCUT2D eigenvalue weighted by atomic mass is 9.43. The van der Waals surface area contributed by atoms with Crippen LogP contribution < -0.4 is 5.32 Å². The molecule has 0 unspecified atom stereocenters. The van der Waals surface area contributed by atoms with E-state index in [1.165, 1.54) is 25.7 Å². The monoisotopic (exact) mass is 506 g/mol. The number of amides is 1. The maximum Gasteiger partial charge on any atom is 0.220 e. The lowest BCUT2D eigenvalue weighted by Gasteiger charge is -2.62. The highest BCUT2D eigenvalue weighted by atomic mass is 16.3. The molecular formula is C31H46N4O2. The number of rotatable bonds is 7. The average molecular weight is 507 g/mol. The molecule has 1 aromatic carbocycles. The number of benzene rings is 1. The maximum absolute atomic E-state index is 12.6. The van der Waals surface area contributed by atoms with E-state index in [-0.39, 0.29) is 28.9 Å². The Morgan fingerprint density at radius 2 is 1.92 bits per heavy atom. The van der Waals surface area contributed by atoms with E-state index in [4.69, 9.17) is 5.53 Å². The fraction of sp³-hybridized carbons (Fsp3) is 0.774. The first-order valence-electron chi connectivity index (χ1n) is 14.8. The molecule has 4 fully saturated rings. The van der Waals surface area contributed by atoms with Crippen LogP contribution in [0.25, 0.3) is 10.4 Å². The molecule has 5 rings (SSSR count). The van der Waals surface area contributed by atoms with Crippen LogP contribution in [0.4, 0.5) is 0 Å². The number of azide groups is 1. The van der Waals surface area contributed by atoms with Crippen molar-refractivity contribution >= 4 is 5.91 Å². The number of aliphatic hydroxyl groups excluding tert-OH is 1. The second-order valence-electron chi connectivity index (χ2n) is 13.4. The van der Waals surface area contributed by atoms with Gasteiger partial charge in [-0.2, -0.15) is 0 Å². The number of hydrogen-bond donors (Lipinski definition) is 2. The largest absolute Gasteiger partial charge is 0.393 e. The van der Waals surface area contributed by atoms with Gasteiger partial charge < -0.3 is 10.4 Å². The quantitative estimate of drug-likeness (QED) is 0.236. The second-order valence-corrected chi connectivity index (χ2v) is 13.4. The zero-order chi connectivity index (χ0) is 26.2. The van der Waals surface area contributed by atoms with Crippen LogP contribution >= 0.6 is 0 Å². The number of nitrogens with zero attached hydrogens (tertiary/aromatic N) is 3. The highest BCUT2D eigenvalue weighted by Gasteiger charge is 2.63. The van der Waals surface area contributed by atoms with Crippen molar-refractivity contribution in [2.75, 3.05) is 0 Å². The van der Waals surface area contributed by atoms with Crippen molar-refractivity contribution in [3.05, 3.63) is 46.3 Å². The smallest absolute Gasteiger partial charge is 0.220 e.